The second-order valence-corrected chi connectivity index (χ2v) is 5.79. The highest BCUT2D eigenvalue weighted by Crippen LogP contribution is 2.41. The number of amides is 2. The minimum atomic E-state index is -0.316. The number of nitrogens with zero attached hydrogens (tertiary/aromatic N) is 1. The second kappa shape index (κ2) is 5.41. The van der Waals surface area contributed by atoms with Crippen molar-refractivity contribution in [3.05, 3.63) is 46.6 Å². The highest BCUT2D eigenvalue weighted by Gasteiger charge is 2.40. The summed E-state index contributed by atoms with van der Waals surface area (Å²) in [5.74, 6) is 0.343. The Kier molecular flexibility index (Phi) is 3.59. The van der Waals surface area contributed by atoms with E-state index in [2.05, 4.69) is 15.8 Å². The minimum absolute atomic E-state index is 0.291. The van der Waals surface area contributed by atoms with E-state index in [0.29, 0.717) is 10.9 Å². The van der Waals surface area contributed by atoms with E-state index >= 15 is 0 Å². The predicted octanol–water partition coefficient (Wildman–Crippen LogP) is 3.84. The van der Waals surface area contributed by atoms with Gasteiger partial charge in [-0.15, -0.1) is 0 Å². The Morgan fingerprint density at radius 2 is 2.05 bits per heavy atom. The number of carbonyl (C=O) groups excluding carboxylic acids is 1. The Morgan fingerprint density at radius 3 is 2.57 bits per heavy atom. The van der Waals surface area contributed by atoms with E-state index in [1.807, 2.05) is 24.3 Å². The first-order valence-corrected chi connectivity index (χ1v) is 7.24. The average molecular weight is 306 g/mol. The molecule has 0 atom stereocenters. The minimum Gasteiger partial charge on any atom is -0.338 e. The van der Waals surface area contributed by atoms with Crippen molar-refractivity contribution in [1.82, 2.24) is 10.5 Å². The van der Waals surface area contributed by atoms with Crippen molar-refractivity contribution in [1.29, 1.82) is 0 Å². The van der Waals surface area contributed by atoms with Gasteiger partial charge in [0.1, 0.15) is 0 Å². The zero-order valence-electron chi connectivity index (χ0n) is 11.6. The van der Waals surface area contributed by atoms with Gasteiger partial charge in [0, 0.05) is 11.1 Å². The molecule has 0 bridgehead atoms. The van der Waals surface area contributed by atoms with Crippen molar-refractivity contribution in [2.45, 2.75) is 31.7 Å². The van der Waals surface area contributed by atoms with Crippen molar-refractivity contribution in [3.63, 3.8) is 0 Å². The summed E-state index contributed by atoms with van der Waals surface area (Å²) >= 11 is 5.92. The number of urea groups is 1. The van der Waals surface area contributed by atoms with Crippen molar-refractivity contribution in [2.75, 3.05) is 5.32 Å². The Balaban J connectivity index is 1.71. The molecule has 3 rings (SSSR count). The van der Waals surface area contributed by atoms with Gasteiger partial charge in [-0.05, 0) is 43.9 Å². The summed E-state index contributed by atoms with van der Waals surface area (Å²) in [5.41, 5.74) is 1.48. The third kappa shape index (κ3) is 2.88. The molecular weight excluding hydrogens is 290 g/mol. The van der Waals surface area contributed by atoms with Crippen molar-refractivity contribution in [3.8, 4) is 0 Å². The summed E-state index contributed by atoms with van der Waals surface area (Å²) in [7, 11) is 0. The van der Waals surface area contributed by atoms with Crippen molar-refractivity contribution in [2.24, 2.45) is 0 Å². The molecule has 21 heavy (non-hydrogen) atoms. The predicted molar refractivity (Wildman–Crippen MR) is 80.4 cm³/mol. The van der Waals surface area contributed by atoms with Crippen LogP contribution < -0.4 is 10.6 Å². The Bertz CT molecular complexity index is 647. The van der Waals surface area contributed by atoms with Gasteiger partial charge in [-0.3, -0.25) is 5.32 Å². The number of aryl methyl sites for hydroxylation is 1. The molecule has 1 fully saturated rings. The van der Waals surface area contributed by atoms with Crippen LogP contribution >= 0.6 is 11.6 Å². The summed E-state index contributed by atoms with van der Waals surface area (Å²) in [5, 5.41) is 10.1. The van der Waals surface area contributed by atoms with Crippen LogP contribution in [0.3, 0.4) is 0 Å². The normalized spacial score (nSPS) is 16.1. The number of halogens is 1. The fourth-order valence-corrected chi connectivity index (χ4v) is 2.69. The topological polar surface area (TPSA) is 67.2 Å². The molecule has 2 amide bonds. The maximum absolute atomic E-state index is 12.1. The van der Waals surface area contributed by atoms with Gasteiger partial charge < -0.3 is 9.84 Å². The van der Waals surface area contributed by atoms with Crippen LogP contribution in [0.5, 0.6) is 0 Å². The zero-order chi connectivity index (χ0) is 14.9. The third-order valence-electron chi connectivity index (χ3n) is 3.82. The molecule has 2 N–H and O–H groups in total. The molecule has 6 heteroatoms. The van der Waals surface area contributed by atoms with Crippen LogP contribution in [0.4, 0.5) is 10.7 Å². The van der Waals surface area contributed by atoms with Crippen LogP contribution in [0.2, 0.25) is 5.02 Å². The van der Waals surface area contributed by atoms with E-state index < -0.39 is 0 Å². The van der Waals surface area contributed by atoms with Crippen LogP contribution in [-0.2, 0) is 5.54 Å². The first-order chi connectivity index (χ1) is 10.1. The van der Waals surface area contributed by atoms with Crippen LogP contribution in [-0.4, -0.2) is 11.2 Å². The number of benzene rings is 1. The molecule has 5 nitrogen and oxygen atoms in total. The Labute approximate surface area is 127 Å². The van der Waals surface area contributed by atoms with Gasteiger partial charge in [0.15, 0.2) is 0 Å². The zero-order valence-corrected chi connectivity index (χ0v) is 12.4. The molecule has 1 aliphatic rings. The maximum atomic E-state index is 12.1. The monoisotopic (exact) mass is 305 g/mol. The standard InChI is InChI=1S/C15H16ClN3O2/c1-10-9-13(21-19-10)17-14(20)18-15(7-2-8-15)11-3-5-12(16)6-4-11/h3-6,9H,2,7-8H2,1H3,(H2,17,18,20). The Morgan fingerprint density at radius 1 is 1.33 bits per heavy atom. The van der Waals surface area contributed by atoms with Gasteiger partial charge in [0.05, 0.1) is 11.2 Å². The summed E-state index contributed by atoms with van der Waals surface area (Å²) in [6, 6.07) is 8.99. The molecule has 110 valence electrons. The lowest BCUT2D eigenvalue weighted by atomic mass is 9.72. The Hall–Kier alpha value is -2.01. The molecule has 1 aliphatic carbocycles. The quantitative estimate of drug-likeness (QED) is 0.905. The second-order valence-electron chi connectivity index (χ2n) is 5.35. The van der Waals surface area contributed by atoms with E-state index in [0.717, 1.165) is 30.5 Å². The average Bonchev–Trinajstić information content (AvgIpc) is 2.80. The lowest BCUT2D eigenvalue weighted by molar-refractivity contribution is 0.184. The van der Waals surface area contributed by atoms with Crippen LogP contribution in [0, 0.1) is 6.92 Å². The summed E-state index contributed by atoms with van der Waals surface area (Å²) in [6.07, 6.45) is 2.92. The molecule has 1 aromatic carbocycles. The van der Waals surface area contributed by atoms with Gasteiger partial charge in [0.25, 0.3) is 0 Å². The summed E-state index contributed by atoms with van der Waals surface area (Å²) in [6.45, 7) is 1.80. The number of carbonyl (C=O) groups is 1. The highest BCUT2D eigenvalue weighted by molar-refractivity contribution is 6.30. The fourth-order valence-electron chi connectivity index (χ4n) is 2.57. The smallest absolute Gasteiger partial charge is 0.322 e. The molecule has 0 aliphatic heterocycles. The number of nitrogens with one attached hydrogen (secondary N) is 2. The fraction of sp³-hybridized carbons (Fsp3) is 0.333. The molecule has 1 heterocycles. The van der Waals surface area contributed by atoms with Gasteiger partial charge in [0.2, 0.25) is 5.88 Å². The van der Waals surface area contributed by atoms with E-state index in [4.69, 9.17) is 16.1 Å². The van der Waals surface area contributed by atoms with E-state index in [1.165, 1.54) is 0 Å². The van der Waals surface area contributed by atoms with Crippen molar-refractivity contribution < 1.29 is 9.32 Å². The lowest BCUT2D eigenvalue weighted by Crippen LogP contribution is -2.52. The molecule has 2 aromatic rings. The van der Waals surface area contributed by atoms with Crippen LogP contribution in [0.15, 0.2) is 34.9 Å². The van der Waals surface area contributed by atoms with Gasteiger partial charge in [-0.2, -0.15) is 0 Å². The SMILES string of the molecule is Cc1cc(NC(=O)NC2(c3ccc(Cl)cc3)CCC2)on1. The number of rotatable bonds is 3. The largest absolute Gasteiger partial charge is 0.338 e. The van der Waals surface area contributed by atoms with Crippen LogP contribution in [0.25, 0.3) is 0 Å². The summed E-state index contributed by atoms with van der Waals surface area (Å²) < 4.78 is 4.98. The first kappa shape index (κ1) is 13.9. The molecular formula is C15H16ClN3O2. The molecule has 0 unspecified atom stereocenters. The molecule has 0 radical (unpaired) electrons. The van der Waals surface area contributed by atoms with Crippen molar-refractivity contribution >= 4 is 23.5 Å². The van der Waals surface area contributed by atoms with E-state index in [1.54, 1.807) is 13.0 Å². The number of aromatic nitrogens is 1. The van der Waals surface area contributed by atoms with E-state index in [-0.39, 0.29) is 11.6 Å². The molecule has 1 saturated carbocycles. The number of hydrogen-bond acceptors (Lipinski definition) is 3. The molecule has 1 aromatic heterocycles. The molecule has 0 saturated heterocycles. The van der Waals surface area contributed by atoms with Gasteiger partial charge >= 0.3 is 6.03 Å². The lowest BCUT2D eigenvalue weighted by Gasteiger charge is -2.43. The maximum Gasteiger partial charge on any atom is 0.322 e. The number of anilines is 1. The highest BCUT2D eigenvalue weighted by atomic mass is 35.5. The van der Waals surface area contributed by atoms with E-state index in [9.17, 15) is 4.79 Å². The number of hydrogen-bond donors (Lipinski definition) is 2. The summed E-state index contributed by atoms with van der Waals surface area (Å²) in [4.78, 5) is 12.1. The molecule has 0 spiro atoms. The third-order valence-corrected chi connectivity index (χ3v) is 4.07. The van der Waals surface area contributed by atoms with Gasteiger partial charge in [-0.25, -0.2) is 4.79 Å². The van der Waals surface area contributed by atoms with Crippen LogP contribution in [0.1, 0.15) is 30.5 Å². The van der Waals surface area contributed by atoms with Gasteiger partial charge in [-0.1, -0.05) is 28.9 Å². The first-order valence-electron chi connectivity index (χ1n) is 6.86.